The minimum atomic E-state index is -1.83. The van der Waals surface area contributed by atoms with E-state index >= 15 is 0 Å². The number of carboxylic acid groups (broad SMARTS) is 2. The van der Waals surface area contributed by atoms with E-state index in [0.29, 0.717) is 117 Å². The average Bonchev–Trinajstić information content (AvgIpc) is 2.30. The zero-order valence-electron chi connectivity index (χ0n) is 45.2. The van der Waals surface area contributed by atoms with Crippen LogP contribution in [-0.2, 0) is 52.7 Å². The molecule has 0 aliphatic carbocycles. The van der Waals surface area contributed by atoms with Gasteiger partial charge in [0.1, 0.15) is 68.4 Å². The van der Waals surface area contributed by atoms with Crippen LogP contribution in [0.15, 0.2) is 89.6 Å². The summed E-state index contributed by atoms with van der Waals surface area (Å²) in [6.45, 7) is 10.8. The van der Waals surface area contributed by atoms with E-state index in [1.165, 1.54) is 98.6 Å². The van der Waals surface area contributed by atoms with Crippen molar-refractivity contribution in [2.75, 3.05) is 40.6 Å². The van der Waals surface area contributed by atoms with Crippen LogP contribution in [0.1, 0.15) is 110 Å². The number of ether oxygens (including phenoxy) is 6. The number of methoxy groups -OCH3 is 2. The summed E-state index contributed by atoms with van der Waals surface area (Å²) in [5, 5.41) is 20.4. The van der Waals surface area contributed by atoms with E-state index in [0.717, 1.165) is 9.13 Å². The lowest BCUT2D eigenvalue weighted by Crippen LogP contribution is -2.52. The van der Waals surface area contributed by atoms with Crippen LogP contribution in [0.4, 0.5) is 0 Å². The highest BCUT2D eigenvalue weighted by Crippen LogP contribution is 2.40. The largest absolute Gasteiger partial charge is 0.495 e. The van der Waals surface area contributed by atoms with Gasteiger partial charge in [-0.3, -0.25) is 28.7 Å². The van der Waals surface area contributed by atoms with Crippen molar-refractivity contribution in [3.63, 3.8) is 0 Å². The van der Waals surface area contributed by atoms with Crippen molar-refractivity contribution in [3.8, 4) is 33.0 Å². The number of aryl methyl sites for hydroxylation is 2. The van der Waals surface area contributed by atoms with E-state index in [-0.39, 0.29) is 58.3 Å². The van der Waals surface area contributed by atoms with E-state index < -0.39 is 57.7 Å². The molecule has 24 nitrogen and oxygen atoms in total. The maximum atomic E-state index is 14.1. The summed E-state index contributed by atoms with van der Waals surface area (Å²) in [4.78, 5) is 99.6. The first-order chi connectivity index (χ1) is 38.3. The predicted molar refractivity (Wildman–Crippen MR) is 312 cm³/mol. The fourth-order valence-electron chi connectivity index (χ4n) is 9.71. The van der Waals surface area contributed by atoms with Crippen LogP contribution in [0.3, 0.4) is 0 Å². The van der Waals surface area contributed by atoms with Crippen molar-refractivity contribution in [1.29, 1.82) is 0 Å². The second-order valence-corrected chi connectivity index (χ2v) is 22.0. The summed E-state index contributed by atoms with van der Waals surface area (Å²) >= 11 is 2.35. The summed E-state index contributed by atoms with van der Waals surface area (Å²) in [6.07, 6.45) is 9.85. The summed E-state index contributed by atoms with van der Waals surface area (Å²) in [7, 11) is 3.05. The van der Waals surface area contributed by atoms with Gasteiger partial charge in [-0.1, -0.05) is 22.3 Å². The Bertz CT molecular complexity index is 3540. The van der Waals surface area contributed by atoms with Gasteiger partial charge in [-0.05, 0) is 103 Å². The van der Waals surface area contributed by atoms with E-state index in [4.69, 9.17) is 37.3 Å². The first-order valence-electron chi connectivity index (χ1n) is 25.6. The highest BCUT2D eigenvalue weighted by atomic mass is 32.1. The first-order valence-corrected chi connectivity index (χ1v) is 27.2. The third-order valence-corrected chi connectivity index (χ3v) is 16.8. The molecule has 10 rings (SSSR count). The van der Waals surface area contributed by atoms with Gasteiger partial charge in [0, 0.05) is 38.8 Å². The molecular formula is C57H72N8O16S2. The van der Waals surface area contributed by atoms with E-state index in [2.05, 4.69) is 19.9 Å². The Morgan fingerprint density at radius 3 is 1.29 bits per heavy atom. The summed E-state index contributed by atoms with van der Waals surface area (Å²) in [5.41, 5.74) is -4.59. The standard InChI is InChI=1S/2C27H30N4O8S.3CH4/c2*1-15-19-23(32)31(27(2,3)25(33)34)26(35)30(24(19)40-21(15)22-29-10-13-38-22)14-18(39-16-7-11-37-12-8-16)20-17(36-4)6-5-9-28-20;;;/h2*5-6,9-10,13,16,18H,7-8,11-12,14H2,1-4H3,(H,33,34);3*1H4/t18-;;;;/m1..../s1. The number of carbonyl (C=O) groups is 2. The number of hydrogen-bond donors (Lipinski definition) is 2. The molecular weight excluding hydrogens is 1120 g/mol. The second kappa shape index (κ2) is 26.7. The molecule has 0 amide bonds. The number of carboxylic acids is 2. The number of fused-ring (bicyclic) bond motifs is 2. The van der Waals surface area contributed by atoms with Gasteiger partial charge < -0.3 is 47.5 Å². The molecule has 26 heteroatoms. The summed E-state index contributed by atoms with van der Waals surface area (Å²) in [6, 6.07) is 6.98. The van der Waals surface area contributed by atoms with Gasteiger partial charge in [-0.25, -0.2) is 38.3 Å². The quantitative estimate of drug-likeness (QED) is 0.0812. The van der Waals surface area contributed by atoms with Crippen molar-refractivity contribution in [2.24, 2.45) is 0 Å². The normalized spacial score (nSPS) is 14.8. The van der Waals surface area contributed by atoms with E-state index in [9.17, 15) is 39.0 Å². The van der Waals surface area contributed by atoms with Crippen LogP contribution in [0.2, 0.25) is 0 Å². The fourth-order valence-corrected chi connectivity index (χ4v) is 12.2. The number of rotatable bonds is 18. The van der Waals surface area contributed by atoms with Crippen molar-refractivity contribution in [3.05, 3.63) is 126 Å². The topological polar surface area (TPSA) is 296 Å². The van der Waals surface area contributed by atoms with E-state index in [1.807, 2.05) is 0 Å². The van der Waals surface area contributed by atoms with Gasteiger partial charge in [-0.15, -0.1) is 22.7 Å². The Balaban J connectivity index is 0.000000257. The molecule has 0 spiro atoms. The number of oxazole rings is 2. The van der Waals surface area contributed by atoms with Gasteiger partial charge >= 0.3 is 23.3 Å². The maximum Gasteiger partial charge on any atom is 0.333 e. The van der Waals surface area contributed by atoms with Gasteiger partial charge in [0.05, 0.1) is 72.4 Å². The first kappa shape index (κ1) is 64.5. The molecule has 8 aromatic rings. The second-order valence-electron chi connectivity index (χ2n) is 20.0. The zero-order chi connectivity index (χ0) is 57.2. The third kappa shape index (κ3) is 12.5. The minimum absolute atomic E-state index is 0. The van der Waals surface area contributed by atoms with Gasteiger partial charge in [-0.2, -0.15) is 0 Å². The van der Waals surface area contributed by atoms with Crippen molar-refractivity contribution < 1.29 is 57.1 Å². The fraction of sp³-hybridized carbons (Fsp3) is 0.474. The van der Waals surface area contributed by atoms with Crippen LogP contribution in [0.5, 0.6) is 11.5 Å². The Kier molecular flexibility index (Phi) is 20.8. The predicted octanol–water partition coefficient (Wildman–Crippen LogP) is 8.60. The van der Waals surface area contributed by atoms with Crippen molar-refractivity contribution in [2.45, 2.75) is 138 Å². The van der Waals surface area contributed by atoms with Crippen LogP contribution >= 0.6 is 22.7 Å². The number of nitrogens with zero attached hydrogens (tertiary/aromatic N) is 8. The zero-order valence-corrected chi connectivity index (χ0v) is 46.8. The molecule has 0 saturated carbocycles. The molecule has 83 heavy (non-hydrogen) atoms. The van der Waals surface area contributed by atoms with Gasteiger partial charge in [0.25, 0.3) is 11.1 Å². The molecule has 2 fully saturated rings. The molecule has 0 radical (unpaired) electrons. The lowest BCUT2D eigenvalue weighted by Gasteiger charge is -2.29. The van der Waals surface area contributed by atoms with Crippen molar-refractivity contribution >= 4 is 55.0 Å². The van der Waals surface area contributed by atoms with Crippen LogP contribution in [0, 0.1) is 13.8 Å². The molecule has 10 heterocycles. The van der Waals surface area contributed by atoms with Gasteiger partial charge in [0.2, 0.25) is 11.8 Å². The SMILES string of the molecule is C.C.C.COc1cccnc1C(Cn1c(=O)n(C(C)(C)C(=O)O)c(=O)c2c(C)c(-c3ncco3)sc21)OC1CCOCC1.COc1cccnc1[C@@H](Cn1c(=O)n(C(C)(C)C(=O)O)c(=O)c2c(C)c(-c3ncco3)sc21)OC1CCOCC1. The molecule has 8 aromatic heterocycles. The van der Waals surface area contributed by atoms with Gasteiger partial charge in [0.15, 0.2) is 0 Å². The van der Waals surface area contributed by atoms with Crippen LogP contribution in [0.25, 0.3) is 42.0 Å². The maximum absolute atomic E-state index is 14.1. The minimum Gasteiger partial charge on any atom is -0.495 e. The summed E-state index contributed by atoms with van der Waals surface area (Å²) < 4.78 is 50.5. The molecule has 448 valence electrons. The number of aliphatic carboxylic acids is 2. The Morgan fingerprint density at radius 2 is 0.976 bits per heavy atom. The molecule has 2 aliphatic heterocycles. The Labute approximate surface area is 485 Å². The lowest BCUT2D eigenvalue weighted by atomic mass is 10.1. The molecule has 1 unspecified atom stereocenters. The smallest absolute Gasteiger partial charge is 0.333 e. The monoisotopic (exact) mass is 1190 g/mol. The van der Waals surface area contributed by atoms with Crippen LogP contribution < -0.4 is 32.0 Å². The molecule has 2 N–H and O–H groups in total. The number of pyridine rings is 2. The lowest BCUT2D eigenvalue weighted by molar-refractivity contribution is -0.146. The molecule has 0 aromatic carbocycles. The average molecular weight is 1190 g/mol. The third-order valence-electron chi connectivity index (χ3n) is 14.2. The molecule has 2 aliphatic rings. The molecule has 2 saturated heterocycles. The number of thiophene rings is 2. The highest BCUT2D eigenvalue weighted by molar-refractivity contribution is 7.22. The highest BCUT2D eigenvalue weighted by Gasteiger charge is 2.39. The number of hydrogen-bond acceptors (Lipinski definition) is 20. The van der Waals surface area contributed by atoms with E-state index in [1.54, 1.807) is 50.5 Å². The Hall–Kier alpha value is -7.62. The molecule has 0 bridgehead atoms. The van der Waals surface area contributed by atoms with Crippen molar-refractivity contribution in [1.82, 2.24) is 38.2 Å². The Morgan fingerprint density at radius 1 is 0.614 bits per heavy atom. The summed E-state index contributed by atoms with van der Waals surface area (Å²) in [5.74, 6) is -1.10. The number of aromatic nitrogens is 8. The molecule has 2 atom stereocenters. The van der Waals surface area contributed by atoms with Crippen LogP contribution in [-0.4, -0.2) is 113 Å².